The fourth-order valence-corrected chi connectivity index (χ4v) is 3.77. The lowest BCUT2D eigenvalue weighted by Gasteiger charge is -2.05. The number of thioether (sulfide) groups is 1. The largest absolute Gasteiger partial charge is 0.454 e. The quantitative estimate of drug-likeness (QED) is 0.474. The molecule has 134 valence electrons. The third-order valence-electron chi connectivity index (χ3n) is 4.18. The monoisotopic (exact) mass is 396 g/mol. The predicted octanol–water partition coefficient (Wildman–Crippen LogP) is 4.47. The molecule has 0 fully saturated rings. The van der Waals surface area contributed by atoms with Crippen LogP contribution in [0.5, 0.6) is 11.5 Å². The standard InChI is InChI=1S/C19H13ClN4O2S/c20-14-4-1-12(2-5-14)10-27-19-22-21-18-8-6-15(23-24(18)19)13-3-7-16-17(9-13)26-11-25-16/h1-9H,10-11H2. The van der Waals surface area contributed by atoms with Gasteiger partial charge in [-0.2, -0.15) is 9.61 Å². The Morgan fingerprint density at radius 3 is 2.70 bits per heavy atom. The Kier molecular flexibility index (Phi) is 4.10. The van der Waals surface area contributed by atoms with E-state index in [1.165, 1.54) is 0 Å². The number of hydrogen-bond acceptors (Lipinski definition) is 6. The SMILES string of the molecule is Clc1ccc(CSc2nnc3ccc(-c4ccc5c(c4)OCO5)nn23)cc1. The third kappa shape index (κ3) is 3.20. The van der Waals surface area contributed by atoms with Crippen LogP contribution in [0.1, 0.15) is 5.56 Å². The number of benzene rings is 2. The van der Waals surface area contributed by atoms with E-state index in [0.29, 0.717) is 5.65 Å². The van der Waals surface area contributed by atoms with E-state index < -0.39 is 0 Å². The van der Waals surface area contributed by atoms with E-state index in [2.05, 4.69) is 10.2 Å². The van der Waals surface area contributed by atoms with Gasteiger partial charge in [0.15, 0.2) is 17.1 Å². The van der Waals surface area contributed by atoms with E-state index in [9.17, 15) is 0 Å². The number of aromatic nitrogens is 4. The Labute approximate surface area is 164 Å². The molecular formula is C19H13ClN4O2S. The lowest BCUT2D eigenvalue weighted by atomic mass is 10.1. The van der Waals surface area contributed by atoms with Gasteiger partial charge in [-0.15, -0.1) is 10.2 Å². The Morgan fingerprint density at radius 1 is 0.963 bits per heavy atom. The van der Waals surface area contributed by atoms with Gasteiger partial charge >= 0.3 is 0 Å². The van der Waals surface area contributed by atoms with Crippen molar-refractivity contribution in [3.05, 3.63) is 65.2 Å². The van der Waals surface area contributed by atoms with Crippen LogP contribution < -0.4 is 9.47 Å². The van der Waals surface area contributed by atoms with Crippen molar-refractivity contribution < 1.29 is 9.47 Å². The highest BCUT2D eigenvalue weighted by Crippen LogP contribution is 2.35. The van der Waals surface area contributed by atoms with Crippen LogP contribution in [0.25, 0.3) is 16.9 Å². The highest BCUT2D eigenvalue weighted by Gasteiger charge is 2.15. The fraction of sp³-hybridized carbons (Fsp3) is 0.105. The summed E-state index contributed by atoms with van der Waals surface area (Å²) >= 11 is 7.52. The van der Waals surface area contributed by atoms with Crippen LogP contribution in [0.2, 0.25) is 5.02 Å². The second-order valence-corrected chi connectivity index (χ2v) is 7.33. The number of nitrogens with zero attached hydrogens (tertiary/aromatic N) is 4. The maximum atomic E-state index is 5.94. The minimum atomic E-state index is 0.252. The summed E-state index contributed by atoms with van der Waals surface area (Å²) in [5.74, 6) is 2.24. The Morgan fingerprint density at radius 2 is 1.81 bits per heavy atom. The van der Waals surface area contributed by atoms with Gasteiger partial charge in [-0.1, -0.05) is 35.5 Å². The second kappa shape index (κ2) is 6.75. The fourth-order valence-electron chi connectivity index (χ4n) is 2.80. The molecule has 0 unspecified atom stereocenters. The average molecular weight is 397 g/mol. The van der Waals surface area contributed by atoms with Crippen molar-refractivity contribution in [1.82, 2.24) is 19.8 Å². The van der Waals surface area contributed by atoms with E-state index in [-0.39, 0.29) is 6.79 Å². The Balaban J connectivity index is 1.44. The van der Waals surface area contributed by atoms with E-state index in [1.54, 1.807) is 16.3 Å². The zero-order valence-electron chi connectivity index (χ0n) is 14.0. The smallest absolute Gasteiger partial charge is 0.231 e. The lowest BCUT2D eigenvalue weighted by Crippen LogP contribution is -1.96. The number of rotatable bonds is 4. The molecule has 2 aromatic carbocycles. The Hall–Kier alpha value is -2.77. The van der Waals surface area contributed by atoms with Gasteiger partial charge in [0, 0.05) is 16.3 Å². The maximum absolute atomic E-state index is 5.94. The van der Waals surface area contributed by atoms with Crippen molar-refractivity contribution in [3.63, 3.8) is 0 Å². The minimum absolute atomic E-state index is 0.252. The molecule has 3 heterocycles. The molecule has 0 N–H and O–H groups in total. The van der Waals surface area contributed by atoms with E-state index >= 15 is 0 Å². The normalized spacial score (nSPS) is 12.6. The molecule has 2 aromatic heterocycles. The summed E-state index contributed by atoms with van der Waals surface area (Å²) in [6.45, 7) is 0.252. The molecule has 27 heavy (non-hydrogen) atoms. The molecule has 8 heteroatoms. The molecule has 0 aliphatic carbocycles. The molecule has 0 atom stereocenters. The molecule has 0 saturated carbocycles. The zero-order valence-corrected chi connectivity index (χ0v) is 15.6. The molecular weight excluding hydrogens is 384 g/mol. The molecule has 0 amide bonds. The number of halogens is 1. The van der Waals surface area contributed by atoms with Gasteiger partial charge in [0.25, 0.3) is 0 Å². The summed E-state index contributed by atoms with van der Waals surface area (Å²) in [6.07, 6.45) is 0. The molecule has 0 spiro atoms. The van der Waals surface area contributed by atoms with Crippen molar-refractivity contribution >= 4 is 29.0 Å². The number of fused-ring (bicyclic) bond motifs is 2. The van der Waals surface area contributed by atoms with Gasteiger partial charge in [0.05, 0.1) is 5.69 Å². The van der Waals surface area contributed by atoms with Crippen molar-refractivity contribution in [2.75, 3.05) is 6.79 Å². The van der Waals surface area contributed by atoms with E-state index in [4.69, 9.17) is 26.2 Å². The van der Waals surface area contributed by atoms with Gasteiger partial charge in [-0.05, 0) is 48.0 Å². The molecule has 4 aromatic rings. The highest BCUT2D eigenvalue weighted by molar-refractivity contribution is 7.98. The summed E-state index contributed by atoms with van der Waals surface area (Å²) in [5, 5.41) is 14.6. The molecule has 6 nitrogen and oxygen atoms in total. The van der Waals surface area contributed by atoms with Crippen LogP contribution in [0, 0.1) is 0 Å². The van der Waals surface area contributed by atoms with Crippen molar-refractivity contribution in [3.8, 4) is 22.8 Å². The lowest BCUT2D eigenvalue weighted by molar-refractivity contribution is 0.174. The summed E-state index contributed by atoms with van der Waals surface area (Å²) in [7, 11) is 0. The van der Waals surface area contributed by atoms with Crippen LogP contribution in [0.3, 0.4) is 0 Å². The summed E-state index contributed by atoms with van der Waals surface area (Å²) < 4.78 is 12.6. The van der Waals surface area contributed by atoms with Gasteiger partial charge in [-0.3, -0.25) is 0 Å². The highest BCUT2D eigenvalue weighted by atomic mass is 35.5. The summed E-state index contributed by atoms with van der Waals surface area (Å²) in [6, 6.07) is 17.4. The van der Waals surface area contributed by atoms with Crippen LogP contribution in [-0.4, -0.2) is 26.6 Å². The van der Waals surface area contributed by atoms with Crippen LogP contribution in [0.15, 0.2) is 59.8 Å². The predicted molar refractivity (Wildman–Crippen MR) is 103 cm³/mol. The van der Waals surface area contributed by atoms with Crippen LogP contribution in [0.4, 0.5) is 0 Å². The first kappa shape index (κ1) is 16.4. The van der Waals surface area contributed by atoms with Gasteiger partial charge in [-0.25, -0.2) is 0 Å². The van der Waals surface area contributed by atoms with E-state index in [0.717, 1.165) is 44.3 Å². The van der Waals surface area contributed by atoms with Crippen LogP contribution in [-0.2, 0) is 5.75 Å². The molecule has 0 saturated heterocycles. The number of ether oxygens (including phenoxy) is 2. The minimum Gasteiger partial charge on any atom is -0.454 e. The van der Waals surface area contributed by atoms with Gasteiger partial charge in [0.2, 0.25) is 11.9 Å². The van der Waals surface area contributed by atoms with Gasteiger partial charge in [0.1, 0.15) is 0 Å². The van der Waals surface area contributed by atoms with E-state index in [1.807, 2.05) is 54.6 Å². The average Bonchev–Trinajstić information content (AvgIpc) is 3.33. The first-order valence-electron chi connectivity index (χ1n) is 8.26. The topological polar surface area (TPSA) is 61.5 Å². The molecule has 0 radical (unpaired) electrons. The maximum Gasteiger partial charge on any atom is 0.231 e. The zero-order chi connectivity index (χ0) is 18.2. The number of hydrogen-bond donors (Lipinski definition) is 0. The summed E-state index contributed by atoms with van der Waals surface area (Å²) in [4.78, 5) is 0. The first-order valence-corrected chi connectivity index (χ1v) is 9.62. The van der Waals surface area contributed by atoms with Crippen molar-refractivity contribution in [2.24, 2.45) is 0 Å². The van der Waals surface area contributed by atoms with Crippen molar-refractivity contribution in [1.29, 1.82) is 0 Å². The van der Waals surface area contributed by atoms with Crippen LogP contribution >= 0.6 is 23.4 Å². The molecule has 0 bridgehead atoms. The Bertz CT molecular complexity index is 1130. The molecule has 5 rings (SSSR count). The third-order valence-corrected chi connectivity index (χ3v) is 5.43. The molecule has 1 aliphatic rings. The summed E-state index contributed by atoms with van der Waals surface area (Å²) in [5.41, 5.74) is 3.63. The van der Waals surface area contributed by atoms with Crippen molar-refractivity contribution in [2.45, 2.75) is 10.9 Å². The first-order chi connectivity index (χ1) is 13.3. The second-order valence-electron chi connectivity index (χ2n) is 5.95. The molecule has 1 aliphatic heterocycles. The van der Waals surface area contributed by atoms with Gasteiger partial charge < -0.3 is 9.47 Å².